The van der Waals surface area contributed by atoms with Gasteiger partial charge >= 0.3 is 0 Å². The van der Waals surface area contributed by atoms with E-state index in [4.69, 9.17) is 12.2 Å². The minimum atomic E-state index is 0.633. The van der Waals surface area contributed by atoms with Crippen molar-refractivity contribution in [3.63, 3.8) is 0 Å². The van der Waals surface area contributed by atoms with Crippen molar-refractivity contribution in [2.45, 2.75) is 38.5 Å². The van der Waals surface area contributed by atoms with Crippen molar-refractivity contribution in [3.05, 3.63) is 46.2 Å². The predicted molar refractivity (Wildman–Crippen MR) is 80.8 cm³/mol. The molecule has 0 atom stereocenters. The summed E-state index contributed by atoms with van der Waals surface area (Å²) in [5, 5.41) is 0. The molecule has 98 valence electrons. The van der Waals surface area contributed by atoms with Crippen LogP contribution in [0.5, 0.6) is 0 Å². The van der Waals surface area contributed by atoms with E-state index in [1.54, 1.807) is 0 Å². The molecular formula is C16H18N2S. The van der Waals surface area contributed by atoms with Crippen molar-refractivity contribution in [1.82, 2.24) is 9.97 Å². The van der Waals surface area contributed by atoms with E-state index in [0.29, 0.717) is 10.6 Å². The summed E-state index contributed by atoms with van der Waals surface area (Å²) in [5.74, 6) is 1.53. The maximum Gasteiger partial charge on any atom is 0.139 e. The highest BCUT2D eigenvalue weighted by atomic mass is 32.1. The molecule has 2 nitrogen and oxygen atoms in total. The zero-order valence-electron chi connectivity index (χ0n) is 11.1. The first-order chi connectivity index (χ1) is 9.22. The Bertz CT molecular complexity index is 622. The Balaban J connectivity index is 2.01. The molecule has 1 aliphatic rings. The van der Waals surface area contributed by atoms with Crippen LogP contribution in [0.1, 0.15) is 42.9 Å². The van der Waals surface area contributed by atoms with Crippen molar-refractivity contribution >= 4 is 12.2 Å². The van der Waals surface area contributed by atoms with Crippen LogP contribution in [-0.2, 0) is 0 Å². The fourth-order valence-corrected chi connectivity index (χ4v) is 3.00. The number of nitrogens with zero attached hydrogens (tertiary/aromatic N) is 1. The molecule has 1 N–H and O–H groups in total. The number of aryl methyl sites for hydroxylation is 1. The number of aromatic amines is 1. The first kappa shape index (κ1) is 12.5. The van der Waals surface area contributed by atoms with E-state index >= 15 is 0 Å². The van der Waals surface area contributed by atoms with Gasteiger partial charge in [-0.2, -0.15) is 0 Å². The Kier molecular flexibility index (Phi) is 3.47. The SMILES string of the molecule is Cc1ccc(-c2nc(=S)cc(C3CCCC3)[nH]2)cc1. The summed E-state index contributed by atoms with van der Waals surface area (Å²) in [6.45, 7) is 2.09. The van der Waals surface area contributed by atoms with Gasteiger partial charge in [0.05, 0.1) is 0 Å². The number of nitrogens with one attached hydrogen (secondary N) is 1. The summed E-state index contributed by atoms with van der Waals surface area (Å²) in [7, 11) is 0. The van der Waals surface area contributed by atoms with E-state index in [9.17, 15) is 0 Å². The fourth-order valence-electron chi connectivity index (χ4n) is 2.78. The van der Waals surface area contributed by atoms with Gasteiger partial charge in [0.15, 0.2) is 0 Å². The predicted octanol–water partition coefficient (Wildman–Crippen LogP) is 4.77. The summed E-state index contributed by atoms with van der Waals surface area (Å²) < 4.78 is 0.691. The second-order valence-corrected chi connectivity index (χ2v) is 5.79. The summed E-state index contributed by atoms with van der Waals surface area (Å²) in [4.78, 5) is 7.95. The van der Waals surface area contributed by atoms with Gasteiger partial charge in [-0.25, -0.2) is 4.98 Å². The number of aromatic nitrogens is 2. The van der Waals surface area contributed by atoms with E-state index in [2.05, 4.69) is 41.2 Å². The molecule has 0 unspecified atom stereocenters. The second kappa shape index (κ2) is 5.25. The number of benzene rings is 1. The van der Waals surface area contributed by atoms with Gasteiger partial charge < -0.3 is 4.98 Å². The minimum absolute atomic E-state index is 0.633. The largest absolute Gasteiger partial charge is 0.343 e. The Hall–Kier alpha value is -1.48. The summed E-state index contributed by atoms with van der Waals surface area (Å²) >= 11 is 5.32. The van der Waals surface area contributed by atoms with Crippen LogP contribution in [-0.4, -0.2) is 9.97 Å². The van der Waals surface area contributed by atoms with Crippen LogP contribution in [0.2, 0.25) is 0 Å². The van der Waals surface area contributed by atoms with Crippen molar-refractivity contribution in [1.29, 1.82) is 0 Å². The zero-order chi connectivity index (χ0) is 13.2. The quantitative estimate of drug-likeness (QED) is 0.796. The van der Waals surface area contributed by atoms with Crippen LogP contribution in [0.15, 0.2) is 30.3 Å². The molecule has 0 amide bonds. The average Bonchev–Trinajstić information content (AvgIpc) is 2.93. The first-order valence-electron chi connectivity index (χ1n) is 6.91. The topological polar surface area (TPSA) is 28.7 Å². The van der Waals surface area contributed by atoms with Crippen LogP contribution < -0.4 is 0 Å². The summed E-state index contributed by atoms with van der Waals surface area (Å²) in [6, 6.07) is 10.4. The highest BCUT2D eigenvalue weighted by Crippen LogP contribution is 2.33. The monoisotopic (exact) mass is 270 g/mol. The molecule has 0 saturated heterocycles. The van der Waals surface area contributed by atoms with Gasteiger partial charge in [0.1, 0.15) is 10.5 Å². The standard InChI is InChI=1S/C16H18N2S/c1-11-6-8-13(9-7-11)16-17-14(10-15(19)18-16)12-4-2-3-5-12/h6-10,12H,2-5H2,1H3,(H,17,18,19). The highest BCUT2D eigenvalue weighted by Gasteiger charge is 2.18. The van der Waals surface area contributed by atoms with E-state index < -0.39 is 0 Å². The summed E-state index contributed by atoms with van der Waals surface area (Å²) in [5.41, 5.74) is 3.62. The minimum Gasteiger partial charge on any atom is -0.343 e. The molecule has 3 heteroatoms. The third-order valence-electron chi connectivity index (χ3n) is 3.88. The van der Waals surface area contributed by atoms with Crippen LogP contribution >= 0.6 is 12.2 Å². The lowest BCUT2D eigenvalue weighted by atomic mass is 10.0. The van der Waals surface area contributed by atoms with E-state index in [1.807, 2.05) is 6.07 Å². The van der Waals surface area contributed by atoms with E-state index in [1.165, 1.54) is 36.9 Å². The Morgan fingerprint density at radius 3 is 2.53 bits per heavy atom. The average molecular weight is 270 g/mol. The molecule has 1 aromatic carbocycles. The molecule has 3 rings (SSSR count). The van der Waals surface area contributed by atoms with Gasteiger partial charge in [0.2, 0.25) is 0 Å². The third-order valence-corrected chi connectivity index (χ3v) is 4.09. The molecule has 19 heavy (non-hydrogen) atoms. The number of hydrogen-bond donors (Lipinski definition) is 1. The second-order valence-electron chi connectivity index (χ2n) is 5.37. The molecule has 0 spiro atoms. The van der Waals surface area contributed by atoms with Gasteiger partial charge in [-0.15, -0.1) is 0 Å². The third kappa shape index (κ3) is 2.76. The fraction of sp³-hybridized carbons (Fsp3) is 0.375. The summed E-state index contributed by atoms with van der Waals surface area (Å²) in [6.07, 6.45) is 5.19. The molecule has 0 bridgehead atoms. The molecule has 1 aromatic heterocycles. The highest BCUT2D eigenvalue weighted by molar-refractivity contribution is 7.71. The molecule has 2 aromatic rings. The molecule has 1 saturated carbocycles. The smallest absolute Gasteiger partial charge is 0.139 e. The molecule has 0 radical (unpaired) electrons. The molecule has 1 aliphatic carbocycles. The lowest BCUT2D eigenvalue weighted by Crippen LogP contribution is -2.00. The lowest BCUT2D eigenvalue weighted by Gasteiger charge is -2.11. The molecule has 1 heterocycles. The van der Waals surface area contributed by atoms with Gasteiger partial charge in [0.25, 0.3) is 0 Å². The van der Waals surface area contributed by atoms with Crippen LogP contribution in [0, 0.1) is 11.6 Å². The Morgan fingerprint density at radius 1 is 1.16 bits per heavy atom. The zero-order valence-corrected chi connectivity index (χ0v) is 12.0. The van der Waals surface area contributed by atoms with Crippen molar-refractivity contribution in [2.75, 3.05) is 0 Å². The van der Waals surface area contributed by atoms with Crippen LogP contribution in [0.4, 0.5) is 0 Å². The van der Waals surface area contributed by atoms with Gasteiger partial charge in [0, 0.05) is 11.3 Å². The molecule has 1 fully saturated rings. The van der Waals surface area contributed by atoms with E-state index in [-0.39, 0.29) is 0 Å². The van der Waals surface area contributed by atoms with Crippen LogP contribution in [0.25, 0.3) is 11.4 Å². The normalized spacial score (nSPS) is 15.8. The van der Waals surface area contributed by atoms with Gasteiger partial charge in [-0.1, -0.05) is 54.9 Å². The van der Waals surface area contributed by atoms with Gasteiger partial charge in [-0.3, -0.25) is 0 Å². The van der Waals surface area contributed by atoms with Crippen molar-refractivity contribution in [2.24, 2.45) is 0 Å². The lowest BCUT2D eigenvalue weighted by molar-refractivity contribution is 0.694. The molecule has 0 aliphatic heterocycles. The van der Waals surface area contributed by atoms with Gasteiger partial charge in [-0.05, 0) is 31.7 Å². The maximum absolute atomic E-state index is 5.32. The number of rotatable bonds is 2. The number of hydrogen-bond acceptors (Lipinski definition) is 2. The maximum atomic E-state index is 5.32. The van der Waals surface area contributed by atoms with Crippen molar-refractivity contribution < 1.29 is 0 Å². The van der Waals surface area contributed by atoms with E-state index in [0.717, 1.165) is 11.4 Å². The first-order valence-corrected chi connectivity index (χ1v) is 7.31. The Labute approximate surface area is 118 Å². The van der Waals surface area contributed by atoms with Crippen molar-refractivity contribution in [3.8, 4) is 11.4 Å². The number of H-pyrrole nitrogens is 1. The van der Waals surface area contributed by atoms with Crippen LogP contribution in [0.3, 0.4) is 0 Å². The molecular weight excluding hydrogens is 252 g/mol. The Morgan fingerprint density at radius 2 is 1.84 bits per heavy atom.